The van der Waals surface area contributed by atoms with Gasteiger partial charge in [0.1, 0.15) is 5.75 Å². The van der Waals surface area contributed by atoms with Crippen molar-refractivity contribution in [1.29, 1.82) is 0 Å². The molecule has 0 aromatic heterocycles. The fourth-order valence-corrected chi connectivity index (χ4v) is 5.65. The Kier molecular flexibility index (Phi) is 5.58. The molecule has 6 nitrogen and oxygen atoms in total. The maximum absolute atomic E-state index is 13.0. The summed E-state index contributed by atoms with van der Waals surface area (Å²) < 4.78 is 5.73. The summed E-state index contributed by atoms with van der Waals surface area (Å²) >= 11 is 12.1. The molecule has 1 aliphatic heterocycles. The molecule has 0 spiro atoms. The Bertz CT molecular complexity index is 924. The number of amides is 3. The van der Waals surface area contributed by atoms with Gasteiger partial charge in [0.15, 0.2) is 6.10 Å². The smallest absolute Gasteiger partial charge is 0.279 e. The fraction of sp³-hybridized carbons (Fsp3) is 0.500. The van der Waals surface area contributed by atoms with Gasteiger partial charge in [0, 0.05) is 11.1 Å². The van der Waals surface area contributed by atoms with E-state index >= 15 is 0 Å². The first-order valence-electron chi connectivity index (χ1n) is 10.2. The minimum absolute atomic E-state index is 0.104. The van der Waals surface area contributed by atoms with Crippen molar-refractivity contribution >= 4 is 40.9 Å². The summed E-state index contributed by atoms with van der Waals surface area (Å²) in [5, 5.41) is 1.66. The summed E-state index contributed by atoms with van der Waals surface area (Å²) in [6.07, 6.45) is 1.24. The van der Waals surface area contributed by atoms with Crippen LogP contribution < -0.4 is 10.2 Å². The van der Waals surface area contributed by atoms with Gasteiger partial charge in [-0.15, -0.1) is 0 Å². The van der Waals surface area contributed by atoms with E-state index in [0.29, 0.717) is 16.5 Å². The van der Waals surface area contributed by atoms with E-state index in [0.717, 1.165) is 17.9 Å². The van der Waals surface area contributed by atoms with E-state index in [9.17, 15) is 14.4 Å². The number of benzene rings is 1. The summed E-state index contributed by atoms with van der Waals surface area (Å²) in [6, 6.07) is 4.72. The Hall–Kier alpha value is -2.05. The molecule has 1 aromatic carbocycles. The second-order valence-corrected chi connectivity index (χ2v) is 9.22. The zero-order valence-corrected chi connectivity index (χ0v) is 18.6. The molecule has 5 atom stereocenters. The second-order valence-electron chi connectivity index (χ2n) is 8.37. The molecular formula is C22H24Cl2N2O4. The summed E-state index contributed by atoms with van der Waals surface area (Å²) in [6.45, 7) is 5.85. The lowest BCUT2D eigenvalue weighted by molar-refractivity contribution is -0.151. The number of ether oxygens (including phenoxy) is 1. The second kappa shape index (κ2) is 7.89. The van der Waals surface area contributed by atoms with E-state index in [-0.39, 0.29) is 41.2 Å². The monoisotopic (exact) mass is 450 g/mol. The van der Waals surface area contributed by atoms with Crippen molar-refractivity contribution in [2.75, 3.05) is 0 Å². The number of halogens is 2. The maximum atomic E-state index is 13.0. The summed E-state index contributed by atoms with van der Waals surface area (Å²) in [4.78, 5) is 38.9. The Morgan fingerprint density at radius 1 is 1.17 bits per heavy atom. The number of hydrazine groups is 1. The lowest BCUT2D eigenvalue weighted by Crippen LogP contribution is -2.51. The first-order valence-corrected chi connectivity index (χ1v) is 11.0. The van der Waals surface area contributed by atoms with Gasteiger partial charge in [-0.25, -0.2) is 0 Å². The topological polar surface area (TPSA) is 75.7 Å². The highest BCUT2D eigenvalue weighted by atomic mass is 35.5. The van der Waals surface area contributed by atoms with Gasteiger partial charge in [0.05, 0.1) is 16.9 Å². The summed E-state index contributed by atoms with van der Waals surface area (Å²) in [5.41, 5.74) is 4.97. The van der Waals surface area contributed by atoms with Crippen LogP contribution in [0.5, 0.6) is 5.75 Å². The predicted octanol–water partition coefficient (Wildman–Crippen LogP) is 4.16. The number of carbonyl (C=O) groups is 3. The van der Waals surface area contributed by atoms with Crippen molar-refractivity contribution in [2.45, 2.75) is 46.1 Å². The van der Waals surface area contributed by atoms with E-state index in [1.165, 1.54) is 17.2 Å². The molecule has 4 rings (SSSR count). The number of fused-ring (bicyclic) bond motifs is 5. The molecule has 2 bridgehead atoms. The van der Waals surface area contributed by atoms with Gasteiger partial charge in [-0.3, -0.25) is 19.8 Å². The van der Waals surface area contributed by atoms with Crippen LogP contribution in [0.25, 0.3) is 0 Å². The average Bonchev–Trinajstić information content (AvgIpc) is 3.34. The number of imide groups is 1. The summed E-state index contributed by atoms with van der Waals surface area (Å²) in [7, 11) is 0. The summed E-state index contributed by atoms with van der Waals surface area (Å²) in [5.74, 6) is -1.47. The molecule has 2 saturated carbocycles. The van der Waals surface area contributed by atoms with Gasteiger partial charge >= 0.3 is 0 Å². The molecule has 0 unspecified atom stereocenters. The molecule has 1 aromatic rings. The van der Waals surface area contributed by atoms with Crippen molar-refractivity contribution in [3.63, 3.8) is 0 Å². The van der Waals surface area contributed by atoms with Crippen LogP contribution >= 0.6 is 23.2 Å². The third-order valence-electron chi connectivity index (χ3n) is 6.48. The number of hydrogen-bond acceptors (Lipinski definition) is 4. The lowest BCUT2D eigenvalue weighted by atomic mass is 9.81. The van der Waals surface area contributed by atoms with Crippen LogP contribution in [0.1, 0.15) is 40.0 Å². The van der Waals surface area contributed by atoms with E-state index in [4.69, 9.17) is 27.9 Å². The van der Waals surface area contributed by atoms with E-state index in [1.807, 2.05) is 13.8 Å². The van der Waals surface area contributed by atoms with Crippen molar-refractivity contribution in [1.82, 2.24) is 10.4 Å². The molecule has 30 heavy (non-hydrogen) atoms. The number of rotatable bonds is 5. The van der Waals surface area contributed by atoms with Crippen LogP contribution in [0.4, 0.5) is 0 Å². The van der Waals surface area contributed by atoms with E-state index < -0.39 is 12.0 Å². The third kappa shape index (κ3) is 3.30. The minimum atomic E-state index is -0.924. The first-order chi connectivity index (χ1) is 14.2. The average molecular weight is 451 g/mol. The normalized spacial score (nSPS) is 28.0. The zero-order valence-electron chi connectivity index (χ0n) is 17.1. The Labute approximate surface area is 185 Å². The quantitative estimate of drug-likeness (QED) is 0.539. The van der Waals surface area contributed by atoms with Crippen LogP contribution in [0.2, 0.25) is 10.0 Å². The number of nitrogens with one attached hydrogen (secondary N) is 1. The van der Waals surface area contributed by atoms with Gasteiger partial charge in [-0.1, -0.05) is 41.3 Å². The molecule has 160 valence electrons. The Morgan fingerprint density at radius 2 is 1.77 bits per heavy atom. The highest BCUT2D eigenvalue weighted by molar-refractivity contribution is 6.34. The van der Waals surface area contributed by atoms with E-state index in [1.54, 1.807) is 19.1 Å². The maximum Gasteiger partial charge on any atom is 0.279 e. The molecule has 3 fully saturated rings. The number of carbonyl (C=O) groups excluding carboxylic acids is 3. The number of hydrogen-bond donors (Lipinski definition) is 1. The van der Waals surface area contributed by atoms with Crippen LogP contribution in [0.3, 0.4) is 0 Å². The van der Waals surface area contributed by atoms with Crippen LogP contribution in [-0.2, 0) is 14.4 Å². The predicted molar refractivity (Wildman–Crippen MR) is 113 cm³/mol. The highest BCUT2D eigenvalue weighted by Gasteiger charge is 2.63. The van der Waals surface area contributed by atoms with Gasteiger partial charge < -0.3 is 4.74 Å². The number of allylic oxidation sites excluding steroid dienone is 2. The molecule has 1 N–H and O–H groups in total. The van der Waals surface area contributed by atoms with Crippen molar-refractivity contribution in [3.8, 4) is 5.75 Å². The molecular weight excluding hydrogens is 427 g/mol. The Balaban J connectivity index is 1.50. The largest absolute Gasteiger partial charge is 0.479 e. The van der Waals surface area contributed by atoms with Crippen molar-refractivity contribution in [2.24, 2.45) is 23.7 Å². The van der Waals surface area contributed by atoms with Gasteiger partial charge in [0.2, 0.25) is 0 Å². The van der Waals surface area contributed by atoms with Gasteiger partial charge in [-0.2, -0.15) is 5.01 Å². The number of nitrogens with zero attached hydrogens (tertiary/aromatic N) is 1. The molecule has 1 heterocycles. The van der Waals surface area contributed by atoms with E-state index in [2.05, 4.69) is 5.43 Å². The molecule has 8 heteroatoms. The SMILES string of the molecule is CC[C@H](Oc1cc(Cl)ccc1Cl)C(=O)NN1C(=O)[C@@H]2[C@@H](C1=O)[C@H]1CC[C@@H]2C1=C(C)C. The lowest BCUT2D eigenvalue weighted by Gasteiger charge is -2.23. The highest BCUT2D eigenvalue weighted by Crippen LogP contribution is 2.59. The minimum Gasteiger partial charge on any atom is -0.479 e. The Morgan fingerprint density at radius 3 is 2.30 bits per heavy atom. The van der Waals surface area contributed by atoms with Gasteiger partial charge in [0.25, 0.3) is 17.7 Å². The third-order valence-corrected chi connectivity index (χ3v) is 7.02. The fourth-order valence-electron chi connectivity index (χ4n) is 5.33. The van der Waals surface area contributed by atoms with Crippen LogP contribution in [0.15, 0.2) is 29.3 Å². The molecule has 3 amide bonds. The van der Waals surface area contributed by atoms with Crippen LogP contribution in [-0.4, -0.2) is 28.8 Å². The van der Waals surface area contributed by atoms with Crippen molar-refractivity contribution in [3.05, 3.63) is 39.4 Å². The first kappa shape index (κ1) is 21.2. The zero-order chi connectivity index (χ0) is 21.7. The molecule has 0 radical (unpaired) electrons. The molecule has 3 aliphatic rings. The van der Waals surface area contributed by atoms with Gasteiger partial charge in [-0.05, 0) is 57.1 Å². The van der Waals surface area contributed by atoms with Crippen LogP contribution in [0, 0.1) is 23.7 Å². The standard InChI is InChI=1S/C22H24Cl2N2O4/c1-4-15(30-16-9-11(23)5-8-14(16)24)20(27)25-26-21(28)18-12-6-7-13(17(12)10(2)3)19(18)22(26)29/h5,8-9,12-13,15,18-19H,4,6-7H2,1-3H3,(H,25,27)/t12-,13+,15-,18-,19-/m0/s1. The molecule has 2 aliphatic carbocycles. The van der Waals surface area contributed by atoms with Crippen molar-refractivity contribution < 1.29 is 19.1 Å². The molecule has 1 saturated heterocycles.